The number of carbonyl (C=O) groups is 2. The van der Waals surface area contributed by atoms with Gasteiger partial charge in [0, 0.05) is 17.4 Å². The smallest absolute Gasteiger partial charge is 0.358 e. The Morgan fingerprint density at radius 2 is 1.88 bits per heavy atom. The molecular formula is C22H24N4O5S. The Morgan fingerprint density at radius 1 is 1.12 bits per heavy atom. The predicted octanol–water partition coefficient (Wildman–Crippen LogP) is 2.83. The van der Waals surface area contributed by atoms with Gasteiger partial charge < -0.3 is 10.1 Å². The molecule has 0 saturated heterocycles. The molecule has 0 unspecified atom stereocenters. The summed E-state index contributed by atoms with van der Waals surface area (Å²) < 4.78 is 33.3. The molecular weight excluding hydrogens is 432 g/mol. The minimum Gasteiger partial charge on any atom is -0.461 e. The van der Waals surface area contributed by atoms with Crippen molar-refractivity contribution in [2.45, 2.75) is 25.7 Å². The van der Waals surface area contributed by atoms with E-state index in [4.69, 9.17) is 4.74 Å². The lowest BCUT2D eigenvalue weighted by Crippen LogP contribution is -2.21. The molecule has 0 aliphatic rings. The van der Waals surface area contributed by atoms with Crippen LogP contribution in [-0.4, -0.2) is 43.7 Å². The fourth-order valence-corrected chi connectivity index (χ4v) is 4.12. The first-order chi connectivity index (χ1) is 15.2. The molecule has 1 aromatic heterocycles. The van der Waals surface area contributed by atoms with Gasteiger partial charge in [0.25, 0.3) is 5.91 Å². The van der Waals surface area contributed by atoms with E-state index < -0.39 is 21.9 Å². The van der Waals surface area contributed by atoms with Crippen LogP contribution < -0.4 is 10.0 Å². The minimum absolute atomic E-state index is 0.0573. The zero-order valence-corrected chi connectivity index (χ0v) is 19.0. The molecule has 2 aromatic carbocycles. The molecule has 0 aliphatic carbocycles. The summed E-state index contributed by atoms with van der Waals surface area (Å²) in [6.45, 7) is 5.41. The lowest BCUT2D eigenvalue weighted by Gasteiger charge is -2.13. The van der Waals surface area contributed by atoms with Crippen LogP contribution >= 0.6 is 0 Å². The van der Waals surface area contributed by atoms with Crippen molar-refractivity contribution in [2.75, 3.05) is 19.0 Å². The third-order valence-electron chi connectivity index (χ3n) is 4.88. The number of esters is 1. The van der Waals surface area contributed by atoms with Gasteiger partial charge in [-0.25, -0.2) is 22.6 Å². The summed E-state index contributed by atoms with van der Waals surface area (Å²) in [5.74, 6) is -0.969. The highest BCUT2D eigenvalue weighted by molar-refractivity contribution is 7.89. The van der Waals surface area contributed by atoms with Crippen molar-refractivity contribution in [3.8, 4) is 5.69 Å². The molecule has 10 heteroatoms. The van der Waals surface area contributed by atoms with E-state index in [0.717, 1.165) is 0 Å². The van der Waals surface area contributed by atoms with Gasteiger partial charge in [-0.1, -0.05) is 6.07 Å². The second kappa shape index (κ2) is 9.33. The van der Waals surface area contributed by atoms with Gasteiger partial charge in [-0.05, 0) is 75.3 Å². The molecule has 1 amide bonds. The average molecular weight is 457 g/mol. The fraction of sp³-hybridized carbons (Fsp3) is 0.227. The highest BCUT2D eigenvalue weighted by Gasteiger charge is 2.19. The van der Waals surface area contributed by atoms with E-state index >= 15 is 0 Å². The summed E-state index contributed by atoms with van der Waals surface area (Å²) in [4.78, 5) is 24.7. The number of ether oxygens (including phenoxy) is 1. The van der Waals surface area contributed by atoms with Crippen molar-refractivity contribution in [1.29, 1.82) is 0 Å². The zero-order chi connectivity index (χ0) is 23.5. The van der Waals surface area contributed by atoms with E-state index in [2.05, 4.69) is 15.1 Å². The van der Waals surface area contributed by atoms with Crippen LogP contribution in [0.3, 0.4) is 0 Å². The van der Waals surface area contributed by atoms with Gasteiger partial charge in [0.05, 0.1) is 17.2 Å². The Balaban J connectivity index is 1.86. The SMILES string of the molecule is CCOC(=O)c1ccn(-c2cccc(NC(=O)c3cc(C)c(C)c(S(=O)(=O)NC)c3)c2)n1. The molecule has 0 aliphatic heterocycles. The van der Waals surface area contributed by atoms with Crippen molar-refractivity contribution >= 4 is 27.6 Å². The van der Waals surface area contributed by atoms with Gasteiger partial charge in [0.2, 0.25) is 10.0 Å². The molecule has 3 aromatic rings. The lowest BCUT2D eigenvalue weighted by atomic mass is 10.1. The monoisotopic (exact) mass is 456 g/mol. The van der Waals surface area contributed by atoms with E-state index in [9.17, 15) is 18.0 Å². The van der Waals surface area contributed by atoms with Gasteiger partial charge >= 0.3 is 5.97 Å². The summed E-state index contributed by atoms with van der Waals surface area (Å²) in [5.41, 5.74) is 2.76. The second-order valence-corrected chi connectivity index (χ2v) is 8.85. The van der Waals surface area contributed by atoms with Gasteiger partial charge in [-0.3, -0.25) is 4.79 Å². The van der Waals surface area contributed by atoms with Crippen molar-refractivity contribution < 1.29 is 22.7 Å². The van der Waals surface area contributed by atoms with Crippen LogP contribution in [0.5, 0.6) is 0 Å². The van der Waals surface area contributed by atoms with Crippen molar-refractivity contribution in [3.05, 3.63) is 71.0 Å². The van der Waals surface area contributed by atoms with E-state index in [1.54, 1.807) is 63.4 Å². The number of aromatic nitrogens is 2. The number of amides is 1. The molecule has 168 valence electrons. The first-order valence-electron chi connectivity index (χ1n) is 9.85. The maximum Gasteiger partial charge on any atom is 0.358 e. The Hall–Kier alpha value is -3.50. The first kappa shape index (κ1) is 23.2. The molecule has 2 N–H and O–H groups in total. The number of rotatable bonds is 7. The molecule has 0 saturated carbocycles. The molecule has 3 rings (SSSR count). The third-order valence-corrected chi connectivity index (χ3v) is 6.42. The summed E-state index contributed by atoms with van der Waals surface area (Å²) in [5, 5.41) is 6.98. The molecule has 0 atom stereocenters. The van der Waals surface area contributed by atoms with Crippen molar-refractivity contribution in [2.24, 2.45) is 0 Å². The topological polar surface area (TPSA) is 119 Å². The maximum absolute atomic E-state index is 12.8. The standard InChI is InChI=1S/C22H24N4O5S/c1-5-31-22(28)19-9-10-26(25-19)18-8-6-7-17(13-18)24-21(27)16-11-14(2)15(3)20(12-16)32(29,30)23-4/h6-13,23H,5H2,1-4H3,(H,24,27). The Kier molecular flexibility index (Phi) is 6.75. The largest absolute Gasteiger partial charge is 0.461 e. The van der Waals surface area contributed by atoms with E-state index in [1.807, 2.05) is 0 Å². The molecule has 0 bridgehead atoms. The normalized spacial score (nSPS) is 11.2. The van der Waals surface area contributed by atoms with Crippen molar-refractivity contribution in [1.82, 2.24) is 14.5 Å². The Labute approximate surface area is 186 Å². The van der Waals surface area contributed by atoms with Gasteiger partial charge in [0.1, 0.15) is 0 Å². The summed E-state index contributed by atoms with van der Waals surface area (Å²) in [6.07, 6.45) is 1.62. The fourth-order valence-electron chi connectivity index (χ4n) is 3.06. The van der Waals surface area contributed by atoms with E-state index in [-0.39, 0.29) is 22.8 Å². The number of hydrogen-bond donors (Lipinski definition) is 2. The summed E-state index contributed by atoms with van der Waals surface area (Å²) in [7, 11) is -2.39. The number of benzene rings is 2. The number of carbonyl (C=O) groups excluding carboxylic acids is 2. The number of anilines is 1. The van der Waals surface area contributed by atoms with Gasteiger partial charge in [-0.15, -0.1) is 0 Å². The van der Waals surface area contributed by atoms with Gasteiger partial charge in [0.15, 0.2) is 5.69 Å². The van der Waals surface area contributed by atoms with Crippen LogP contribution in [0.25, 0.3) is 5.69 Å². The second-order valence-electron chi connectivity index (χ2n) is 6.99. The Morgan fingerprint density at radius 3 is 2.56 bits per heavy atom. The van der Waals surface area contributed by atoms with Crippen molar-refractivity contribution in [3.63, 3.8) is 0 Å². The quantitative estimate of drug-likeness (QED) is 0.528. The van der Waals surface area contributed by atoms with Gasteiger partial charge in [-0.2, -0.15) is 5.10 Å². The van der Waals surface area contributed by atoms with Crippen LogP contribution in [0.1, 0.15) is 38.9 Å². The van der Waals surface area contributed by atoms with Crippen LogP contribution in [0, 0.1) is 13.8 Å². The number of hydrogen-bond acceptors (Lipinski definition) is 6. The van der Waals surface area contributed by atoms with E-state index in [1.165, 1.54) is 17.8 Å². The maximum atomic E-state index is 12.8. The molecule has 0 fully saturated rings. The lowest BCUT2D eigenvalue weighted by molar-refractivity contribution is 0.0519. The molecule has 32 heavy (non-hydrogen) atoms. The predicted molar refractivity (Wildman–Crippen MR) is 120 cm³/mol. The number of nitrogens with zero attached hydrogens (tertiary/aromatic N) is 2. The molecule has 1 heterocycles. The van der Waals surface area contributed by atoms with Crippen LogP contribution in [-0.2, 0) is 14.8 Å². The zero-order valence-electron chi connectivity index (χ0n) is 18.2. The van der Waals surface area contributed by atoms with Crippen LogP contribution in [0.15, 0.2) is 53.6 Å². The highest BCUT2D eigenvalue weighted by atomic mass is 32.2. The summed E-state index contributed by atoms with van der Waals surface area (Å²) in [6, 6.07) is 11.4. The average Bonchev–Trinajstić information content (AvgIpc) is 3.26. The first-order valence-corrected chi connectivity index (χ1v) is 11.3. The van der Waals surface area contributed by atoms with E-state index in [0.29, 0.717) is 22.5 Å². The highest BCUT2D eigenvalue weighted by Crippen LogP contribution is 2.22. The molecule has 9 nitrogen and oxygen atoms in total. The molecule has 0 radical (unpaired) electrons. The molecule has 0 spiro atoms. The third kappa shape index (κ3) is 4.87. The van der Waals surface area contributed by atoms with Crippen LogP contribution in [0.4, 0.5) is 5.69 Å². The summed E-state index contributed by atoms with van der Waals surface area (Å²) >= 11 is 0. The minimum atomic E-state index is -3.71. The number of nitrogens with one attached hydrogen (secondary N) is 2. The number of aryl methyl sites for hydroxylation is 1. The Bertz CT molecular complexity index is 1280. The number of sulfonamides is 1. The van der Waals surface area contributed by atoms with Crippen LogP contribution in [0.2, 0.25) is 0 Å².